The van der Waals surface area contributed by atoms with Crippen molar-refractivity contribution in [1.82, 2.24) is 0 Å². The molecule has 2 aromatic rings. The maximum atomic E-state index is 13.4. The standard InChI is InChI=1S/C21H20BrClO3/c1-20(2)17(14-6-10-16(23)11-7-14)26-19(25)21(3,18(20)24)12-13-4-8-15(22)9-5-13/h4-11,17H,12H2,1-3H3. The van der Waals surface area contributed by atoms with E-state index < -0.39 is 22.9 Å². The Morgan fingerprint density at radius 2 is 1.58 bits per heavy atom. The van der Waals surface area contributed by atoms with Crippen molar-refractivity contribution < 1.29 is 14.3 Å². The second-order valence-corrected chi connectivity index (χ2v) is 8.88. The zero-order chi connectivity index (χ0) is 19.1. The molecule has 0 radical (unpaired) electrons. The first-order chi connectivity index (χ1) is 12.1. The molecule has 0 saturated carbocycles. The quantitative estimate of drug-likeness (QED) is 0.469. The van der Waals surface area contributed by atoms with Crippen LogP contribution >= 0.6 is 27.5 Å². The fourth-order valence-corrected chi connectivity index (χ4v) is 3.98. The number of hydrogen-bond donors (Lipinski definition) is 0. The number of carbonyl (C=O) groups is 2. The smallest absolute Gasteiger partial charge is 0.320 e. The van der Waals surface area contributed by atoms with E-state index in [4.69, 9.17) is 16.3 Å². The average Bonchev–Trinajstić information content (AvgIpc) is 2.60. The van der Waals surface area contributed by atoms with Crippen LogP contribution < -0.4 is 0 Å². The minimum atomic E-state index is -1.21. The third kappa shape index (κ3) is 3.33. The van der Waals surface area contributed by atoms with Gasteiger partial charge in [-0.1, -0.05) is 51.8 Å². The van der Waals surface area contributed by atoms with Gasteiger partial charge in [-0.15, -0.1) is 0 Å². The Labute approximate surface area is 166 Å². The molecule has 0 amide bonds. The molecule has 0 spiro atoms. The Hall–Kier alpha value is -1.65. The summed E-state index contributed by atoms with van der Waals surface area (Å²) in [7, 11) is 0. The number of carbonyl (C=O) groups excluding carboxylic acids is 2. The lowest BCUT2D eigenvalue weighted by atomic mass is 9.64. The van der Waals surface area contributed by atoms with Gasteiger partial charge in [-0.25, -0.2) is 0 Å². The summed E-state index contributed by atoms with van der Waals surface area (Å²) in [6.45, 7) is 5.35. The monoisotopic (exact) mass is 434 g/mol. The Morgan fingerprint density at radius 1 is 1.00 bits per heavy atom. The number of ketones is 1. The van der Waals surface area contributed by atoms with Gasteiger partial charge in [0.25, 0.3) is 0 Å². The third-order valence-electron chi connectivity index (χ3n) is 5.06. The number of hydrogen-bond acceptors (Lipinski definition) is 3. The van der Waals surface area contributed by atoms with Gasteiger partial charge in [0, 0.05) is 9.50 Å². The van der Waals surface area contributed by atoms with E-state index in [0.717, 1.165) is 15.6 Å². The highest BCUT2D eigenvalue weighted by atomic mass is 79.9. The minimum Gasteiger partial charge on any atom is -0.456 e. The summed E-state index contributed by atoms with van der Waals surface area (Å²) in [6.07, 6.45) is -0.313. The molecule has 2 atom stereocenters. The lowest BCUT2D eigenvalue weighted by Gasteiger charge is -2.44. The van der Waals surface area contributed by atoms with Crippen LogP contribution in [0.4, 0.5) is 0 Å². The minimum absolute atomic E-state index is 0.107. The van der Waals surface area contributed by atoms with Crippen molar-refractivity contribution in [3.05, 3.63) is 69.2 Å². The van der Waals surface area contributed by atoms with Gasteiger partial charge < -0.3 is 4.74 Å². The summed E-state index contributed by atoms with van der Waals surface area (Å²) in [6, 6.07) is 14.7. The van der Waals surface area contributed by atoms with Gasteiger partial charge in [0.2, 0.25) is 0 Å². The van der Waals surface area contributed by atoms with Crippen LogP contribution in [0.25, 0.3) is 0 Å². The molecule has 1 saturated heterocycles. The van der Waals surface area contributed by atoms with Crippen LogP contribution in [0.3, 0.4) is 0 Å². The van der Waals surface area contributed by atoms with Crippen molar-refractivity contribution >= 4 is 39.3 Å². The molecule has 0 N–H and O–H groups in total. The zero-order valence-electron chi connectivity index (χ0n) is 14.9. The van der Waals surface area contributed by atoms with E-state index in [9.17, 15) is 9.59 Å². The molecule has 0 aliphatic carbocycles. The predicted octanol–water partition coefficient (Wildman–Crippen LogP) is 5.54. The number of esters is 1. The number of Topliss-reactive ketones (excluding diaryl/α,β-unsaturated/α-hetero) is 1. The van der Waals surface area contributed by atoms with Crippen molar-refractivity contribution in [2.24, 2.45) is 10.8 Å². The van der Waals surface area contributed by atoms with Crippen molar-refractivity contribution in [3.63, 3.8) is 0 Å². The number of ether oxygens (including phenoxy) is 1. The van der Waals surface area contributed by atoms with Gasteiger partial charge in [-0.05, 0) is 62.6 Å². The van der Waals surface area contributed by atoms with E-state index in [1.807, 2.05) is 38.1 Å². The first-order valence-corrected chi connectivity index (χ1v) is 9.57. The van der Waals surface area contributed by atoms with Crippen LogP contribution in [0, 0.1) is 10.8 Å². The molecule has 136 valence electrons. The van der Waals surface area contributed by atoms with Crippen LogP contribution in [0.1, 0.15) is 38.0 Å². The molecule has 26 heavy (non-hydrogen) atoms. The van der Waals surface area contributed by atoms with Crippen LogP contribution in [0.5, 0.6) is 0 Å². The molecule has 0 bridgehead atoms. The van der Waals surface area contributed by atoms with E-state index in [-0.39, 0.29) is 5.78 Å². The van der Waals surface area contributed by atoms with Gasteiger partial charge in [0.1, 0.15) is 11.5 Å². The molecule has 5 heteroatoms. The number of cyclic esters (lactones) is 1. The Balaban J connectivity index is 1.94. The lowest BCUT2D eigenvalue weighted by molar-refractivity contribution is -0.188. The summed E-state index contributed by atoms with van der Waals surface area (Å²) >= 11 is 9.34. The second-order valence-electron chi connectivity index (χ2n) is 7.52. The predicted molar refractivity (Wildman–Crippen MR) is 105 cm³/mol. The van der Waals surface area contributed by atoms with E-state index >= 15 is 0 Å². The number of rotatable bonds is 3. The van der Waals surface area contributed by atoms with E-state index in [1.54, 1.807) is 31.2 Å². The molecule has 3 nitrogen and oxygen atoms in total. The SMILES string of the molecule is CC1(Cc2ccc(Br)cc2)C(=O)OC(c2ccc(Cl)cc2)C(C)(C)C1=O. The molecule has 1 aliphatic heterocycles. The highest BCUT2D eigenvalue weighted by Crippen LogP contribution is 2.49. The van der Waals surface area contributed by atoms with E-state index in [0.29, 0.717) is 11.4 Å². The summed E-state index contributed by atoms with van der Waals surface area (Å²) in [5.41, 5.74) is -0.361. The number of halogens is 2. The average molecular weight is 436 g/mol. The summed E-state index contributed by atoms with van der Waals surface area (Å²) in [5, 5.41) is 0.597. The fraction of sp³-hybridized carbons (Fsp3) is 0.333. The molecule has 2 aromatic carbocycles. The van der Waals surface area contributed by atoms with Crippen LogP contribution in [-0.4, -0.2) is 11.8 Å². The molecule has 1 aliphatic rings. The maximum absolute atomic E-state index is 13.4. The van der Waals surface area contributed by atoms with Gasteiger partial charge >= 0.3 is 5.97 Å². The van der Waals surface area contributed by atoms with Crippen molar-refractivity contribution in [1.29, 1.82) is 0 Å². The maximum Gasteiger partial charge on any atom is 0.320 e. The first kappa shape index (κ1) is 19.1. The van der Waals surface area contributed by atoms with Crippen LogP contribution in [0.2, 0.25) is 5.02 Å². The molecular weight excluding hydrogens is 416 g/mol. The molecule has 1 heterocycles. The highest BCUT2D eigenvalue weighted by molar-refractivity contribution is 9.10. The Bertz CT molecular complexity index is 843. The molecule has 3 rings (SSSR count). The number of benzene rings is 2. The first-order valence-electron chi connectivity index (χ1n) is 8.40. The van der Waals surface area contributed by atoms with Crippen molar-refractivity contribution in [3.8, 4) is 0 Å². The topological polar surface area (TPSA) is 43.4 Å². The van der Waals surface area contributed by atoms with E-state index in [1.165, 1.54) is 0 Å². The second kappa shape index (κ2) is 6.82. The van der Waals surface area contributed by atoms with Crippen molar-refractivity contribution in [2.45, 2.75) is 33.3 Å². The summed E-state index contributed by atoms with van der Waals surface area (Å²) in [5.74, 6) is -0.589. The highest BCUT2D eigenvalue weighted by Gasteiger charge is 2.57. The fourth-order valence-electron chi connectivity index (χ4n) is 3.59. The Morgan fingerprint density at radius 3 is 2.15 bits per heavy atom. The van der Waals surface area contributed by atoms with Gasteiger partial charge in [0.15, 0.2) is 5.78 Å². The lowest BCUT2D eigenvalue weighted by Crippen LogP contribution is -2.54. The zero-order valence-corrected chi connectivity index (χ0v) is 17.2. The van der Waals surface area contributed by atoms with Crippen LogP contribution in [-0.2, 0) is 20.7 Å². The van der Waals surface area contributed by atoms with Gasteiger partial charge in [0.05, 0.1) is 5.41 Å². The van der Waals surface area contributed by atoms with Gasteiger partial charge in [-0.2, -0.15) is 0 Å². The summed E-state index contributed by atoms with van der Waals surface area (Å²) < 4.78 is 6.75. The summed E-state index contributed by atoms with van der Waals surface area (Å²) in [4.78, 5) is 26.2. The van der Waals surface area contributed by atoms with Crippen molar-refractivity contribution in [2.75, 3.05) is 0 Å². The molecule has 2 unspecified atom stereocenters. The third-order valence-corrected chi connectivity index (χ3v) is 5.84. The Kier molecular flexibility index (Phi) is 5.02. The van der Waals surface area contributed by atoms with Crippen LogP contribution in [0.15, 0.2) is 53.0 Å². The molecular formula is C21H20BrClO3. The molecule has 1 fully saturated rings. The normalized spacial score (nSPS) is 25.0. The molecule has 0 aromatic heterocycles. The van der Waals surface area contributed by atoms with Gasteiger partial charge in [-0.3, -0.25) is 9.59 Å². The van der Waals surface area contributed by atoms with E-state index in [2.05, 4.69) is 15.9 Å². The largest absolute Gasteiger partial charge is 0.456 e.